The first-order valence-corrected chi connectivity index (χ1v) is 19.7. The first-order chi connectivity index (χ1) is 27.0. The molecule has 57 heavy (non-hydrogen) atoms. The Hall–Kier alpha value is -5.66. The Bertz CT molecular complexity index is 2170. The van der Waals surface area contributed by atoms with E-state index in [1.54, 1.807) is 50.8 Å². The van der Waals surface area contributed by atoms with Gasteiger partial charge in [-0.1, -0.05) is 63.9 Å². The van der Waals surface area contributed by atoms with Crippen LogP contribution in [-0.2, 0) is 22.5 Å². The third-order valence-corrected chi connectivity index (χ3v) is 10.4. The first-order valence-electron chi connectivity index (χ1n) is 19.7. The number of rotatable bonds is 10. The molecule has 4 aromatic rings. The molecule has 2 N–H and O–H groups in total. The van der Waals surface area contributed by atoms with Gasteiger partial charge < -0.3 is 29.5 Å². The summed E-state index contributed by atoms with van der Waals surface area (Å²) in [5, 5.41) is 13.6. The van der Waals surface area contributed by atoms with Crippen molar-refractivity contribution >= 4 is 41.0 Å². The van der Waals surface area contributed by atoms with Crippen molar-refractivity contribution < 1.29 is 43.3 Å². The Balaban J connectivity index is 1.25. The average Bonchev–Trinajstić information content (AvgIpc) is 3.66. The number of Topliss-reactive ketones (excluding diaryl/α,β-unsaturated/α-hetero) is 1. The molecule has 0 saturated carbocycles. The van der Waals surface area contributed by atoms with Crippen molar-refractivity contribution in [1.29, 1.82) is 0 Å². The number of carbonyl (C=O) groups is 5. The fourth-order valence-electron chi connectivity index (χ4n) is 7.75. The molecule has 1 saturated heterocycles. The molecule has 1 atom stereocenters. The Morgan fingerprint density at radius 3 is 2.35 bits per heavy atom. The number of benzene rings is 2. The summed E-state index contributed by atoms with van der Waals surface area (Å²) in [6.45, 7) is 13.8. The third kappa shape index (κ3) is 9.16. The molecular formula is C43H53N5O9. The number of aromatic nitrogens is 3. The van der Waals surface area contributed by atoms with Crippen LogP contribution in [-0.4, -0.2) is 78.9 Å². The number of hydrogen-bond donors (Lipinski definition) is 2. The van der Waals surface area contributed by atoms with Crippen LogP contribution in [0.2, 0.25) is 0 Å². The smallest absolute Gasteiger partial charge is 0.419 e. The molecule has 2 aliphatic rings. The quantitative estimate of drug-likeness (QED) is 0.159. The number of hydrogen-bond acceptors (Lipinski definition) is 9. The van der Waals surface area contributed by atoms with Crippen LogP contribution in [0.4, 0.5) is 14.4 Å². The lowest BCUT2D eigenvalue weighted by Gasteiger charge is -2.31. The van der Waals surface area contributed by atoms with Gasteiger partial charge in [0.05, 0.1) is 17.1 Å². The van der Waals surface area contributed by atoms with Gasteiger partial charge in [-0.25, -0.2) is 28.5 Å². The molecular weight excluding hydrogens is 730 g/mol. The van der Waals surface area contributed by atoms with E-state index in [4.69, 9.17) is 19.2 Å². The zero-order chi connectivity index (χ0) is 41.2. The predicted octanol–water partition coefficient (Wildman–Crippen LogP) is 8.45. The lowest BCUT2D eigenvalue weighted by molar-refractivity contribution is 0.0517. The molecule has 0 unspecified atom stereocenters. The van der Waals surface area contributed by atoms with Crippen molar-refractivity contribution in [2.24, 2.45) is 5.41 Å². The van der Waals surface area contributed by atoms with E-state index in [2.05, 4.69) is 5.32 Å². The van der Waals surface area contributed by atoms with Gasteiger partial charge in [-0.3, -0.25) is 9.59 Å². The van der Waals surface area contributed by atoms with Gasteiger partial charge in [-0.15, -0.1) is 0 Å². The van der Waals surface area contributed by atoms with E-state index in [1.807, 2.05) is 51.1 Å². The molecule has 6 rings (SSSR count). The highest BCUT2D eigenvalue weighted by Crippen LogP contribution is 2.39. The van der Waals surface area contributed by atoms with E-state index in [-0.39, 0.29) is 48.0 Å². The number of amides is 2. The highest BCUT2D eigenvalue weighted by atomic mass is 16.6. The van der Waals surface area contributed by atoms with Crippen LogP contribution in [0.25, 0.3) is 11.0 Å². The van der Waals surface area contributed by atoms with Gasteiger partial charge in [0.2, 0.25) is 0 Å². The van der Waals surface area contributed by atoms with Gasteiger partial charge in [0.15, 0.2) is 5.78 Å². The second kappa shape index (κ2) is 16.4. The Kier molecular flexibility index (Phi) is 11.8. The molecule has 2 amide bonds. The van der Waals surface area contributed by atoms with E-state index in [1.165, 1.54) is 4.57 Å². The summed E-state index contributed by atoms with van der Waals surface area (Å²) in [5.41, 5.74) is 1.37. The van der Waals surface area contributed by atoms with Gasteiger partial charge in [-0.05, 0) is 69.2 Å². The van der Waals surface area contributed by atoms with Crippen LogP contribution in [0.5, 0.6) is 5.75 Å². The normalized spacial score (nSPS) is 16.2. The number of ether oxygens (including phenoxy) is 3. The summed E-state index contributed by atoms with van der Waals surface area (Å²) in [6, 6.07) is 13.6. The highest BCUT2D eigenvalue weighted by molar-refractivity contribution is 6.07. The van der Waals surface area contributed by atoms with E-state index >= 15 is 0 Å². The standard InChI is InChI=1S/C43H53N5O9/c1-8-9-15-31(45-38(50)36-26(2)35-33(23-43(6,7)24-34(35)49)47(36)41(54)57-42(3,4)5)37-44-30-17-16-29(22-32(30)48(37)39(51)52)56-28-18-20-46(21-19-28)40(53)55-25-27-13-11-10-12-14-27/h10-14,16-17,22,28,31H,8-9,15,18-21,23-25H2,1-7H3,(H,45,50)(H,51,52)/t31-/m0/s1. The zero-order valence-corrected chi connectivity index (χ0v) is 33.8. The van der Waals surface area contributed by atoms with Gasteiger partial charge in [0, 0.05) is 49.7 Å². The summed E-state index contributed by atoms with van der Waals surface area (Å²) in [7, 11) is 0. The SMILES string of the molecule is CCCC[C@H](NC(=O)c1c(C)c2c(n1C(=O)OC(C)(C)C)CC(C)(C)CC2=O)c1nc2ccc(OC3CCN(C(=O)OCc4ccccc4)CC3)cc2n1C(=O)O. The minimum Gasteiger partial charge on any atom is -0.490 e. The Morgan fingerprint density at radius 2 is 1.70 bits per heavy atom. The van der Waals surface area contributed by atoms with Crippen molar-refractivity contribution in [3.05, 3.63) is 82.4 Å². The average molecular weight is 784 g/mol. The van der Waals surface area contributed by atoms with E-state index in [9.17, 15) is 29.1 Å². The number of nitrogens with one attached hydrogen (secondary N) is 1. The van der Waals surface area contributed by atoms with Gasteiger partial charge in [0.25, 0.3) is 5.91 Å². The van der Waals surface area contributed by atoms with Crippen molar-refractivity contribution in [3.8, 4) is 5.75 Å². The first kappa shape index (κ1) is 41.0. The topological polar surface area (TPSA) is 171 Å². The van der Waals surface area contributed by atoms with E-state index in [0.29, 0.717) is 73.3 Å². The van der Waals surface area contributed by atoms with E-state index in [0.717, 1.165) is 16.6 Å². The molecule has 2 aromatic heterocycles. The minimum absolute atomic E-state index is 0.0222. The van der Waals surface area contributed by atoms with Crippen LogP contribution >= 0.6 is 0 Å². The monoisotopic (exact) mass is 783 g/mol. The number of nitrogens with zero attached hydrogens (tertiary/aromatic N) is 4. The number of fused-ring (bicyclic) bond motifs is 2. The molecule has 0 spiro atoms. The molecule has 1 fully saturated rings. The fourth-order valence-corrected chi connectivity index (χ4v) is 7.75. The summed E-state index contributed by atoms with van der Waals surface area (Å²) >= 11 is 0. The largest absolute Gasteiger partial charge is 0.490 e. The number of piperidine rings is 1. The molecule has 14 heteroatoms. The second-order valence-corrected chi connectivity index (χ2v) is 16.8. The summed E-state index contributed by atoms with van der Waals surface area (Å²) in [6.07, 6.45) is 0.836. The number of carboxylic acid groups (broad SMARTS) is 1. The van der Waals surface area contributed by atoms with Crippen molar-refractivity contribution in [1.82, 2.24) is 24.3 Å². The molecule has 14 nitrogen and oxygen atoms in total. The molecule has 3 heterocycles. The van der Waals surface area contributed by atoms with E-state index < -0.39 is 35.2 Å². The fraction of sp³-hybridized carbons (Fsp3) is 0.488. The third-order valence-electron chi connectivity index (χ3n) is 10.4. The lowest BCUT2D eigenvalue weighted by atomic mass is 9.75. The van der Waals surface area contributed by atoms with Gasteiger partial charge in [0.1, 0.15) is 35.6 Å². The van der Waals surface area contributed by atoms with Crippen molar-refractivity contribution in [2.75, 3.05) is 13.1 Å². The van der Waals surface area contributed by atoms with Crippen LogP contribution in [0.15, 0.2) is 48.5 Å². The maximum absolute atomic E-state index is 14.4. The number of imidazole rings is 1. The summed E-state index contributed by atoms with van der Waals surface area (Å²) in [5.74, 6) is -0.258. The molecule has 304 valence electrons. The zero-order valence-electron chi connectivity index (χ0n) is 33.8. The maximum Gasteiger partial charge on any atom is 0.419 e. The highest BCUT2D eigenvalue weighted by Gasteiger charge is 2.41. The van der Waals surface area contributed by atoms with Crippen LogP contribution in [0.1, 0.15) is 130 Å². The Labute approximate surface area is 332 Å². The maximum atomic E-state index is 14.4. The number of unbranched alkanes of at least 4 members (excludes halogenated alkanes) is 1. The molecule has 0 radical (unpaired) electrons. The van der Waals surface area contributed by atoms with Crippen LogP contribution in [0, 0.1) is 12.3 Å². The van der Waals surface area contributed by atoms with Gasteiger partial charge >= 0.3 is 18.3 Å². The molecule has 2 aromatic carbocycles. The van der Waals surface area contributed by atoms with Crippen molar-refractivity contribution in [2.45, 2.75) is 118 Å². The summed E-state index contributed by atoms with van der Waals surface area (Å²) < 4.78 is 19.8. The molecule has 1 aliphatic heterocycles. The summed E-state index contributed by atoms with van der Waals surface area (Å²) in [4.78, 5) is 73.7. The number of carbonyl (C=O) groups excluding carboxylic acids is 4. The molecule has 1 aliphatic carbocycles. The second-order valence-electron chi connectivity index (χ2n) is 16.8. The number of ketones is 1. The van der Waals surface area contributed by atoms with Gasteiger partial charge in [-0.2, -0.15) is 0 Å². The predicted molar refractivity (Wildman–Crippen MR) is 212 cm³/mol. The van der Waals surface area contributed by atoms with Crippen LogP contribution in [0.3, 0.4) is 0 Å². The Morgan fingerprint density at radius 1 is 1.00 bits per heavy atom. The molecule has 0 bridgehead atoms. The lowest BCUT2D eigenvalue weighted by Crippen LogP contribution is -2.42. The van der Waals surface area contributed by atoms with Crippen molar-refractivity contribution in [3.63, 3.8) is 0 Å². The minimum atomic E-state index is -1.29. The number of likely N-dealkylation sites (tertiary alicyclic amines) is 1. The van der Waals surface area contributed by atoms with Crippen LogP contribution < -0.4 is 10.1 Å².